The molecule has 1 aromatic heterocycles. The molecule has 2 rings (SSSR count). The summed E-state index contributed by atoms with van der Waals surface area (Å²) in [7, 11) is 0. The van der Waals surface area contributed by atoms with Crippen LogP contribution >= 0.6 is 11.6 Å². The van der Waals surface area contributed by atoms with Crippen LogP contribution in [0.2, 0.25) is 5.15 Å². The van der Waals surface area contributed by atoms with Gasteiger partial charge < -0.3 is 5.32 Å². The number of carbonyl (C=O) groups excluding carboxylic acids is 1. The first-order chi connectivity index (χ1) is 9.45. The van der Waals surface area contributed by atoms with Crippen molar-refractivity contribution in [2.45, 2.75) is 19.8 Å². The fourth-order valence-electron chi connectivity index (χ4n) is 1.69. The fraction of sp³-hybridized carbons (Fsp3) is 0.214. The number of carbonyl (C=O) groups is 1. The van der Waals surface area contributed by atoms with Gasteiger partial charge in [0.2, 0.25) is 0 Å². The van der Waals surface area contributed by atoms with E-state index < -0.39 is 11.6 Å². The Hall–Kier alpha value is -2.14. The summed E-state index contributed by atoms with van der Waals surface area (Å²) >= 11 is 5.68. The van der Waals surface area contributed by atoms with E-state index in [2.05, 4.69) is 29.1 Å². The van der Waals surface area contributed by atoms with Crippen molar-refractivity contribution >= 4 is 23.2 Å². The summed E-state index contributed by atoms with van der Waals surface area (Å²) in [4.78, 5) is 28.9. The monoisotopic (exact) mass is 291 g/mol. The first-order valence-corrected chi connectivity index (χ1v) is 6.51. The van der Waals surface area contributed by atoms with Crippen LogP contribution in [0.5, 0.6) is 0 Å². The zero-order valence-corrected chi connectivity index (χ0v) is 11.9. The molecular weight excluding hydrogens is 278 g/mol. The maximum atomic E-state index is 12.0. The topological polar surface area (TPSA) is 74.8 Å². The molecule has 0 radical (unpaired) electrons. The maximum Gasteiger partial charge on any atom is 0.346 e. The summed E-state index contributed by atoms with van der Waals surface area (Å²) in [6, 6.07) is 8.81. The Balaban J connectivity index is 2.17. The van der Waals surface area contributed by atoms with E-state index in [0.717, 1.165) is 0 Å². The minimum absolute atomic E-state index is 0.0216. The molecule has 6 heteroatoms. The van der Waals surface area contributed by atoms with Gasteiger partial charge in [0.05, 0.1) is 0 Å². The van der Waals surface area contributed by atoms with Crippen LogP contribution in [0.1, 0.15) is 35.8 Å². The SMILES string of the molecule is CC(C)c1ccc(NC(=O)c2cc(Cl)[nH]c(=O)n2)cc1. The van der Waals surface area contributed by atoms with Crippen LogP contribution in [-0.4, -0.2) is 15.9 Å². The summed E-state index contributed by atoms with van der Waals surface area (Å²) < 4.78 is 0. The highest BCUT2D eigenvalue weighted by molar-refractivity contribution is 6.29. The minimum atomic E-state index is -0.655. The standard InChI is InChI=1S/C14H14ClN3O2/c1-8(2)9-3-5-10(6-4-9)16-13(19)11-7-12(15)18-14(20)17-11/h3-8H,1-2H3,(H,16,19)(H,17,18,20). The molecule has 0 aliphatic heterocycles. The van der Waals surface area contributed by atoms with Crippen molar-refractivity contribution in [3.63, 3.8) is 0 Å². The van der Waals surface area contributed by atoms with Gasteiger partial charge in [-0.15, -0.1) is 0 Å². The minimum Gasteiger partial charge on any atom is -0.321 e. The van der Waals surface area contributed by atoms with Gasteiger partial charge in [-0.2, -0.15) is 4.98 Å². The van der Waals surface area contributed by atoms with E-state index in [0.29, 0.717) is 11.6 Å². The molecule has 1 aromatic carbocycles. The van der Waals surface area contributed by atoms with Crippen molar-refractivity contribution in [2.24, 2.45) is 0 Å². The fourth-order valence-corrected chi connectivity index (χ4v) is 1.87. The van der Waals surface area contributed by atoms with Gasteiger partial charge in [0.1, 0.15) is 10.8 Å². The van der Waals surface area contributed by atoms with Crippen LogP contribution in [0, 0.1) is 0 Å². The number of hydrogen-bond donors (Lipinski definition) is 2. The third-order valence-electron chi connectivity index (χ3n) is 2.78. The molecule has 1 amide bonds. The van der Waals surface area contributed by atoms with Gasteiger partial charge in [-0.1, -0.05) is 37.6 Å². The Morgan fingerprint density at radius 3 is 2.50 bits per heavy atom. The van der Waals surface area contributed by atoms with Crippen molar-refractivity contribution < 1.29 is 4.79 Å². The van der Waals surface area contributed by atoms with Crippen molar-refractivity contribution in [1.82, 2.24) is 9.97 Å². The number of rotatable bonds is 3. The van der Waals surface area contributed by atoms with E-state index in [1.165, 1.54) is 11.6 Å². The van der Waals surface area contributed by atoms with Crippen LogP contribution < -0.4 is 11.0 Å². The van der Waals surface area contributed by atoms with E-state index >= 15 is 0 Å². The molecule has 0 unspecified atom stereocenters. The van der Waals surface area contributed by atoms with Crippen molar-refractivity contribution in [2.75, 3.05) is 5.32 Å². The Bertz CT molecular complexity index is 678. The molecular formula is C14H14ClN3O2. The molecule has 1 heterocycles. The van der Waals surface area contributed by atoms with Crippen LogP contribution in [0.3, 0.4) is 0 Å². The summed E-state index contributed by atoms with van der Waals surface area (Å²) in [6.45, 7) is 4.19. The number of halogens is 1. The number of aromatic amines is 1. The normalized spacial score (nSPS) is 10.6. The quantitative estimate of drug-likeness (QED) is 0.854. The molecule has 0 bridgehead atoms. The molecule has 104 valence electrons. The number of amides is 1. The summed E-state index contributed by atoms with van der Waals surface area (Å²) in [5, 5.41) is 2.74. The molecule has 5 nitrogen and oxygen atoms in total. The second-order valence-corrected chi connectivity index (χ2v) is 5.06. The van der Waals surface area contributed by atoms with Gasteiger partial charge in [0.25, 0.3) is 5.91 Å². The molecule has 0 atom stereocenters. The Kier molecular flexibility index (Phi) is 4.20. The molecule has 0 saturated carbocycles. The molecule has 0 aliphatic rings. The first-order valence-electron chi connectivity index (χ1n) is 6.14. The van der Waals surface area contributed by atoms with Gasteiger partial charge in [0, 0.05) is 11.8 Å². The lowest BCUT2D eigenvalue weighted by Crippen LogP contribution is -2.20. The summed E-state index contributed by atoms with van der Waals surface area (Å²) in [6.07, 6.45) is 0. The van der Waals surface area contributed by atoms with Gasteiger partial charge in [-0.05, 0) is 23.6 Å². The van der Waals surface area contributed by atoms with E-state index in [9.17, 15) is 9.59 Å². The third-order valence-corrected chi connectivity index (χ3v) is 2.98. The highest BCUT2D eigenvalue weighted by Gasteiger charge is 2.10. The summed E-state index contributed by atoms with van der Waals surface area (Å²) in [5.41, 5.74) is 1.14. The zero-order chi connectivity index (χ0) is 14.7. The third kappa shape index (κ3) is 3.45. The number of nitrogens with one attached hydrogen (secondary N) is 2. The average Bonchev–Trinajstić information content (AvgIpc) is 2.38. The molecule has 0 saturated heterocycles. The van der Waals surface area contributed by atoms with E-state index in [1.807, 2.05) is 24.3 Å². The van der Waals surface area contributed by atoms with E-state index in [-0.39, 0.29) is 10.8 Å². The number of benzene rings is 1. The molecule has 2 aromatic rings. The molecule has 0 aliphatic carbocycles. The Morgan fingerprint density at radius 1 is 1.30 bits per heavy atom. The maximum absolute atomic E-state index is 12.0. The number of hydrogen-bond acceptors (Lipinski definition) is 3. The Morgan fingerprint density at radius 2 is 1.95 bits per heavy atom. The largest absolute Gasteiger partial charge is 0.346 e. The lowest BCUT2D eigenvalue weighted by atomic mass is 10.0. The van der Waals surface area contributed by atoms with Crippen LogP contribution in [0.15, 0.2) is 35.1 Å². The van der Waals surface area contributed by atoms with Crippen LogP contribution in [-0.2, 0) is 0 Å². The van der Waals surface area contributed by atoms with Gasteiger partial charge in [-0.25, -0.2) is 4.79 Å². The predicted molar refractivity (Wildman–Crippen MR) is 78.4 cm³/mol. The second-order valence-electron chi connectivity index (χ2n) is 4.65. The van der Waals surface area contributed by atoms with E-state index in [1.54, 1.807) is 0 Å². The van der Waals surface area contributed by atoms with Gasteiger partial charge in [0.15, 0.2) is 0 Å². The number of anilines is 1. The highest BCUT2D eigenvalue weighted by atomic mass is 35.5. The molecule has 2 N–H and O–H groups in total. The van der Waals surface area contributed by atoms with E-state index in [4.69, 9.17) is 11.6 Å². The molecule has 20 heavy (non-hydrogen) atoms. The number of H-pyrrole nitrogens is 1. The predicted octanol–water partition coefficient (Wildman–Crippen LogP) is 2.80. The Labute approximate surface area is 121 Å². The number of nitrogens with zero attached hydrogens (tertiary/aromatic N) is 1. The highest BCUT2D eigenvalue weighted by Crippen LogP contribution is 2.17. The van der Waals surface area contributed by atoms with Crippen molar-refractivity contribution in [3.8, 4) is 0 Å². The lowest BCUT2D eigenvalue weighted by molar-refractivity contribution is 0.102. The molecule has 0 fully saturated rings. The van der Waals surface area contributed by atoms with Gasteiger partial charge >= 0.3 is 5.69 Å². The smallest absolute Gasteiger partial charge is 0.321 e. The first kappa shape index (κ1) is 14.3. The van der Waals surface area contributed by atoms with Crippen LogP contribution in [0.4, 0.5) is 5.69 Å². The zero-order valence-electron chi connectivity index (χ0n) is 11.1. The van der Waals surface area contributed by atoms with Crippen molar-refractivity contribution in [1.29, 1.82) is 0 Å². The lowest BCUT2D eigenvalue weighted by Gasteiger charge is -2.08. The second kappa shape index (κ2) is 5.88. The summed E-state index contributed by atoms with van der Waals surface area (Å²) in [5.74, 6) is -0.0526. The van der Waals surface area contributed by atoms with Crippen LogP contribution in [0.25, 0.3) is 0 Å². The van der Waals surface area contributed by atoms with Crippen molar-refractivity contribution in [3.05, 3.63) is 57.2 Å². The average molecular weight is 292 g/mol. The number of aromatic nitrogens is 2. The molecule has 0 spiro atoms. The van der Waals surface area contributed by atoms with Gasteiger partial charge in [-0.3, -0.25) is 9.78 Å².